The minimum absolute atomic E-state index is 0.145. The van der Waals surface area contributed by atoms with Gasteiger partial charge in [0.15, 0.2) is 12.4 Å². The van der Waals surface area contributed by atoms with Gasteiger partial charge < -0.3 is 14.8 Å². The molecular weight excluding hydrogens is 412 g/mol. The second-order valence-electron chi connectivity index (χ2n) is 9.59. The summed E-state index contributed by atoms with van der Waals surface area (Å²) in [5, 5.41) is 2.80. The molecule has 174 valence electrons. The Bertz CT molecular complexity index is 879. The average Bonchev–Trinajstić information content (AvgIpc) is 2.96. The van der Waals surface area contributed by atoms with E-state index >= 15 is 0 Å². The molecule has 1 aliphatic carbocycles. The van der Waals surface area contributed by atoms with Crippen molar-refractivity contribution >= 4 is 23.7 Å². The lowest BCUT2D eigenvalue weighted by Gasteiger charge is -2.40. The van der Waals surface area contributed by atoms with Crippen molar-refractivity contribution in [2.45, 2.75) is 58.9 Å². The molecule has 2 aliphatic rings. The molecule has 1 aliphatic heterocycles. The van der Waals surface area contributed by atoms with E-state index in [0.29, 0.717) is 36.7 Å². The number of amides is 3. The highest BCUT2D eigenvalue weighted by Crippen LogP contribution is 2.43. The summed E-state index contributed by atoms with van der Waals surface area (Å²) in [5.74, 6) is -0.441. The van der Waals surface area contributed by atoms with E-state index in [1.807, 2.05) is 6.92 Å². The van der Waals surface area contributed by atoms with Gasteiger partial charge in [-0.25, -0.2) is 4.79 Å². The number of carbonyl (C=O) groups excluding carboxylic acids is 4. The Hall–Kier alpha value is -2.90. The zero-order valence-electron chi connectivity index (χ0n) is 19.2. The summed E-state index contributed by atoms with van der Waals surface area (Å²) < 4.78 is 10.4. The van der Waals surface area contributed by atoms with E-state index < -0.39 is 30.7 Å². The van der Waals surface area contributed by atoms with Crippen LogP contribution < -0.4 is 10.1 Å². The fourth-order valence-corrected chi connectivity index (χ4v) is 4.44. The molecule has 0 aromatic heterocycles. The molecular formula is C24H32N2O6. The number of hydrogen-bond acceptors (Lipinski definition) is 6. The number of esters is 1. The topological polar surface area (TPSA) is 102 Å². The van der Waals surface area contributed by atoms with Gasteiger partial charge in [0, 0.05) is 5.56 Å². The fraction of sp³-hybridized carbons (Fsp3) is 0.583. The van der Waals surface area contributed by atoms with Gasteiger partial charge in [-0.1, -0.05) is 20.8 Å². The maximum absolute atomic E-state index is 13.0. The van der Waals surface area contributed by atoms with Crippen LogP contribution in [0.2, 0.25) is 0 Å². The lowest BCUT2D eigenvalue weighted by Crippen LogP contribution is -2.50. The van der Waals surface area contributed by atoms with Gasteiger partial charge in [0.05, 0.1) is 6.61 Å². The summed E-state index contributed by atoms with van der Waals surface area (Å²) in [7, 11) is 0. The molecule has 1 saturated heterocycles. The summed E-state index contributed by atoms with van der Waals surface area (Å²) in [5.41, 5.74) is -0.407. The number of ketones is 1. The van der Waals surface area contributed by atoms with Gasteiger partial charge in [-0.3, -0.25) is 19.3 Å². The molecule has 3 rings (SSSR count). The van der Waals surface area contributed by atoms with E-state index in [9.17, 15) is 19.2 Å². The summed E-state index contributed by atoms with van der Waals surface area (Å²) in [4.78, 5) is 50.8. The Morgan fingerprint density at radius 3 is 2.31 bits per heavy atom. The third kappa shape index (κ3) is 5.11. The predicted molar refractivity (Wildman–Crippen MR) is 117 cm³/mol. The Labute approximate surface area is 188 Å². The van der Waals surface area contributed by atoms with Crippen LogP contribution in [-0.4, -0.2) is 53.9 Å². The van der Waals surface area contributed by atoms with E-state index in [0.717, 1.165) is 17.7 Å². The molecule has 1 aromatic carbocycles. The van der Waals surface area contributed by atoms with Crippen LogP contribution in [0.5, 0.6) is 5.75 Å². The summed E-state index contributed by atoms with van der Waals surface area (Å²) >= 11 is 0. The Balaban J connectivity index is 1.52. The SMILES string of the molecule is CCOc1ccc(C(=O)COC(=O)CN2C(=O)NC3(CCC(C(C)(C)C)CC3)C2=O)cc1. The largest absolute Gasteiger partial charge is 0.494 e. The van der Waals surface area contributed by atoms with Gasteiger partial charge in [-0.2, -0.15) is 0 Å². The van der Waals surface area contributed by atoms with E-state index in [2.05, 4.69) is 26.1 Å². The van der Waals surface area contributed by atoms with Gasteiger partial charge in [0.1, 0.15) is 17.8 Å². The fourth-order valence-electron chi connectivity index (χ4n) is 4.44. The van der Waals surface area contributed by atoms with Crippen LogP contribution in [0.4, 0.5) is 4.79 Å². The Kier molecular flexibility index (Phi) is 6.91. The normalized spacial score (nSPS) is 23.2. The Morgan fingerprint density at radius 1 is 1.12 bits per heavy atom. The number of urea groups is 1. The monoisotopic (exact) mass is 444 g/mol. The Morgan fingerprint density at radius 2 is 1.75 bits per heavy atom. The molecule has 3 amide bonds. The molecule has 8 nitrogen and oxygen atoms in total. The molecule has 0 unspecified atom stereocenters. The van der Waals surface area contributed by atoms with Crippen molar-refractivity contribution in [2.24, 2.45) is 11.3 Å². The smallest absolute Gasteiger partial charge is 0.326 e. The first kappa shape index (κ1) is 23.8. The highest BCUT2D eigenvalue weighted by Gasteiger charge is 2.53. The molecule has 1 spiro atoms. The number of hydrogen-bond donors (Lipinski definition) is 1. The molecule has 0 radical (unpaired) electrons. The van der Waals surface area contributed by atoms with Crippen molar-refractivity contribution in [3.63, 3.8) is 0 Å². The van der Waals surface area contributed by atoms with Crippen molar-refractivity contribution in [3.05, 3.63) is 29.8 Å². The van der Waals surface area contributed by atoms with E-state index in [1.54, 1.807) is 24.3 Å². The molecule has 2 fully saturated rings. The molecule has 0 bridgehead atoms. The second-order valence-corrected chi connectivity index (χ2v) is 9.59. The number of ether oxygens (including phenoxy) is 2. The van der Waals surface area contributed by atoms with Crippen LogP contribution in [0.3, 0.4) is 0 Å². The molecule has 0 atom stereocenters. The van der Waals surface area contributed by atoms with Crippen LogP contribution in [0.1, 0.15) is 63.7 Å². The average molecular weight is 445 g/mol. The summed E-state index contributed by atoms with van der Waals surface area (Å²) in [6.07, 6.45) is 2.79. The first-order valence-electron chi connectivity index (χ1n) is 11.1. The van der Waals surface area contributed by atoms with Crippen molar-refractivity contribution in [1.29, 1.82) is 0 Å². The molecule has 1 N–H and O–H groups in total. The molecule has 8 heteroatoms. The zero-order chi connectivity index (χ0) is 23.5. The number of benzene rings is 1. The van der Waals surface area contributed by atoms with E-state index in [1.165, 1.54) is 0 Å². The standard InChI is InChI=1S/C24H32N2O6/c1-5-31-18-8-6-16(7-9-18)19(27)15-32-20(28)14-26-21(29)24(25-22(26)30)12-10-17(11-13-24)23(2,3)4/h6-9,17H,5,10-15H2,1-4H3,(H,25,30). The first-order valence-corrected chi connectivity index (χ1v) is 11.1. The molecule has 1 aromatic rings. The lowest BCUT2D eigenvalue weighted by atomic mass is 9.67. The van der Waals surface area contributed by atoms with Crippen molar-refractivity contribution in [2.75, 3.05) is 19.8 Å². The summed E-state index contributed by atoms with van der Waals surface area (Å²) in [6.45, 7) is 7.96. The molecule has 32 heavy (non-hydrogen) atoms. The quantitative estimate of drug-likeness (QED) is 0.393. The maximum Gasteiger partial charge on any atom is 0.326 e. The highest BCUT2D eigenvalue weighted by atomic mass is 16.5. The number of Topliss-reactive ketones (excluding diaryl/α,β-unsaturated/α-hetero) is 1. The van der Waals surface area contributed by atoms with Gasteiger partial charge in [-0.05, 0) is 68.2 Å². The number of carbonyl (C=O) groups is 4. The molecule has 1 heterocycles. The van der Waals surface area contributed by atoms with Crippen LogP contribution in [-0.2, 0) is 14.3 Å². The predicted octanol–water partition coefficient (Wildman–Crippen LogP) is 3.34. The van der Waals surface area contributed by atoms with Crippen LogP contribution in [0.25, 0.3) is 0 Å². The number of rotatable bonds is 7. The van der Waals surface area contributed by atoms with Gasteiger partial charge in [-0.15, -0.1) is 0 Å². The third-order valence-corrected chi connectivity index (χ3v) is 6.45. The van der Waals surface area contributed by atoms with E-state index in [4.69, 9.17) is 9.47 Å². The van der Waals surface area contributed by atoms with E-state index in [-0.39, 0.29) is 17.1 Å². The maximum atomic E-state index is 13.0. The van der Waals surface area contributed by atoms with Crippen molar-refractivity contribution in [1.82, 2.24) is 10.2 Å². The first-order chi connectivity index (χ1) is 15.1. The lowest BCUT2D eigenvalue weighted by molar-refractivity contribution is -0.147. The van der Waals surface area contributed by atoms with Crippen LogP contribution >= 0.6 is 0 Å². The molecule has 1 saturated carbocycles. The minimum Gasteiger partial charge on any atom is -0.494 e. The minimum atomic E-state index is -0.933. The highest BCUT2D eigenvalue weighted by molar-refractivity contribution is 6.09. The second kappa shape index (κ2) is 9.30. The van der Waals surface area contributed by atoms with Crippen molar-refractivity contribution < 1.29 is 28.7 Å². The zero-order valence-corrected chi connectivity index (χ0v) is 19.2. The van der Waals surface area contributed by atoms with Gasteiger partial charge in [0.25, 0.3) is 5.91 Å². The van der Waals surface area contributed by atoms with Crippen molar-refractivity contribution in [3.8, 4) is 5.75 Å². The van der Waals surface area contributed by atoms with Gasteiger partial charge in [0.2, 0.25) is 0 Å². The third-order valence-electron chi connectivity index (χ3n) is 6.45. The number of nitrogens with zero attached hydrogens (tertiary/aromatic N) is 1. The number of imide groups is 1. The van der Waals surface area contributed by atoms with Crippen LogP contribution in [0, 0.1) is 11.3 Å². The summed E-state index contributed by atoms with van der Waals surface area (Å²) in [6, 6.07) is 5.94. The number of nitrogens with one attached hydrogen (secondary N) is 1. The van der Waals surface area contributed by atoms with Crippen LogP contribution in [0.15, 0.2) is 24.3 Å². The van der Waals surface area contributed by atoms with Gasteiger partial charge >= 0.3 is 12.0 Å².